The van der Waals surface area contributed by atoms with Crippen LogP contribution in [0.3, 0.4) is 0 Å². The van der Waals surface area contributed by atoms with Crippen molar-refractivity contribution in [1.29, 1.82) is 0 Å². The molecule has 0 atom stereocenters. The quantitative estimate of drug-likeness (QED) is 0.792. The van der Waals surface area contributed by atoms with Crippen LogP contribution in [0.25, 0.3) is 4.85 Å². The van der Waals surface area contributed by atoms with Crippen LogP contribution in [-0.4, -0.2) is 12.8 Å². The average molecular weight is 220 g/mol. The standard InChI is InChI=1S/C12H13FN2O/c1-14-12(6-3-7-12)15-10-5-4-9(13)8-11(10)16-2/h4-5,8,15H,3,6-7H2,2H3. The molecule has 0 saturated heterocycles. The number of ether oxygens (including phenoxy) is 1. The minimum absolute atomic E-state index is 0.340. The topological polar surface area (TPSA) is 25.6 Å². The van der Waals surface area contributed by atoms with E-state index >= 15 is 0 Å². The number of methoxy groups -OCH3 is 1. The molecular weight excluding hydrogens is 207 g/mol. The van der Waals surface area contributed by atoms with E-state index in [1.807, 2.05) is 0 Å². The van der Waals surface area contributed by atoms with E-state index in [9.17, 15) is 4.39 Å². The van der Waals surface area contributed by atoms with Gasteiger partial charge in [-0.1, -0.05) is 0 Å². The molecule has 1 aromatic rings. The fourth-order valence-corrected chi connectivity index (χ4v) is 1.80. The fraction of sp³-hybridized carbons (Fsp3) is 0.417. The van der Waals surface area contributed by atoms with Crippen molar-refractivity contribution in [1.82, 2.24) is 0 Å². The van der Waals surface area contributed by atoms with Gasteiger partial charge in [-0.15, -0.1) is 0 Å². The van der Waals surface area contributed by atoms with Gasteiger partial charge in [0, 0.05) is 18.9 Å². The third kappa shape index (κ3) is 1.81. The number of benzene rings is 1. The largest absolute Gasteiger partial charge is 0.494 e. The fourth-order valence-electron chi connectivity index (χ4n) is 1.80. The summed E-state index contributed by atoms with van der Waals surface area (Å²) < 4.78 is 18.1. The van der Waals surface area contributed by atoms with Crippen molar-refractivity contribution >= 4 is 5.69 Å². The molecule has 1 saturated carbocycles. The number of rotatable bonds is 3. The minimum Gasteiger partial charge on any atom is -0.494 e. The maximum Gasteiger partial charge on any atom is 0.305 e. The second kappa shape index (κ2) is 4.01. The molecule has 4 heteroatoms. The number of nitrogens with one attached hydrogen (secondary N) is 1. The molecule has 0 aromatic heterocycles. The van der Waals surface area contributed by atoms with Gasteiger partial charge in [0.1, 0.15) is 11.6 Å². The van der Waals surface area contributed by atoms with Gasteiger partial charge in [-0.25, -0.2) is 11.0 Å². The first-order valence-corrected chi connectivity index (χ1v) is 5.19. The molecule has 1 fully saturated rings. The third-order valence-corrected chi connectivity index (χ3v) is 2.93. The molecule has 1 aliphatic carbocycles. The van der Waals surface area contributed by atoms with Crippen LogP contribution in [0.2, 0.25) is 0 Å². The molecule has 0 spiro atoms. The third-order valence-electron chi connectivity index (χ3n) is 2.93. The van der Waals surface area contributed by atoms with Crippen molar-refractivity contribution in [2.24, 2.45) is 0 Å². The van der Waals surface area contributed by atoms with E-state index in [4.69, 9.17) is 11.3 Å². The zero-order valence-corrected chi connectivity index (χ0v) is 9.09. The lowest BCUT2D eigenvalue weighted by molar-refractivity contribution is 0.340. The van der Waals surface area contributed by atoms with Gasteiger partial charge in [0.15, 0.2) is 0 Å². The first-order chi connectivity index (χ1) is 7.69. The predicted octanol–water partition coefficient (Wildman–Crippen LogP) is 3.05. The van der Waals surface area contributed by atoms with E-state index in [-0.39, 0.29) is 5.82 Å². The molecule has 84 valence electrons. The Bertz CT molecular complexity index is 435. The van der Waals surface area contributed by atoms with E-state index in [0.29, 0.717) is 11.4 Å². The molecule has 1 aromatic carbocycles. The molecule has 2 rings (SSSR count). The zero-order valence-electron chi connectivity index (χ0n) is 9.09. The first-order valence-electron chi connectivity index (χ1n) is 5.19. The highest BCUT2D eigenvalue weighted by Crippen LogP contribution is 2.39. The van der Waals surface area contributed by atoms with Gasteiger partial charge in [0.2, 0.25) is 0 Å². The van der Waals surface area contributed by atoms with Crippen LogP contribution >= 0.6 is 0 Å². The number of hydrogen-bond donors (Lipinski definition) is 1. The molecule has 16 heavy (non-hydrogen) atoms. The van der Waals surface area contributed by atoms with Gasteiger partial charge in [-0.2, -0.15) is 0 Å². The summed E-state index contributed by atoms with van der Waals surface area (Å²) in [5.41, 5.74) is 0.171. The summed E-state index contributed by atoms with van der Waals surface area (Å²) in [4.78, 5) is 3.61. The summed E-state index contributed by atoms with van der Waals surface area (Å²) in [6.45, 7) is 7.17. The van der Waals surface area contributed by atoms with E-state index in [1.54, 1.807) is 6.07 Å². The summed E-state index contributed by atoms with van der Waals surface area (Å²) in [5, 5.41) is 3.14. The van der Waals surface area contributed by atoms with Crippen molar-refractivity contribution in [2.75, 3.05) is 12.4 Å². The van der Waals surface area contributed by atoms with Crippen LogP contribution in [0.15, 0.2) is 18.2 Å². The predicted molar refractivity (Wildman–Crippen MR) is 59.8 cm³/mol. The molecule has 0 amide bonds. The van der Waals surface area contributed by atoms with E-state index in [1.165, 1.54) is 19.2 Å². The van der Waals surface area contributed by atoms with Crippen LogP contribution in [0.5, 0.6) is 5.75 Å². The molecule has 1 aliphatic rings. The van der Waals surface area contributed by atoms with Gasteiger partial charge in [0.25, 0.3) is 0 Å². The van der Waals surface area contributed by atoms with Crippen LogP contribution in [0.4, 0.5) is 10.1 Å². The average Bonchev–Trinajstić information content (AvgIpc) is 2.25. The summed E-state index contributed by atoms with van der Waals surface area (Å²) in [7, 11) is 1.49. The smallest absolute Gasteiger partial charge is 0.305 e. The lowest BCUT2D eigenvalue weighted by Crippen LogP contribution is -2.41. The number of nitrogens with zero attached hydrogens (tertiary/aromatic N) is 1. The van der Waals surface area contributed by atoms with Crippen molar-refractivity contribution in [3.63, 3.8) is 0 Å². The van der Waals surface area contributed by atoms with Gasteiger partial charge in [0.05, 0.1) is 12.8 Å². The minimum atomic E-state index is -0.509. The van der Waals surface area contributed by atoms with Crippen LogP contribution in [0.1, 0.15) is 19.3 Å². The Morgan fingerprint density at radius 3 is 2.75 bits per heavy atom. The molecular formula is C12H13FN2O. The van der Waals surface area contributed by atoms with Crippen molar-refractivity contribution in [3.05, 3.63) is 35.4 Å². The Kier molecular flexibility index (Phi) is 2.69. The molecule has 0 aliphatic heterocycles. The maximum atomic E-state index is 13.0. The Morgan fingerprint density at radius 1 is 1.50 bits per heavy atom. The van der Waals surface area contributed by atoms with Crippen LogP contribution in [-0.2, 0) is 0 Å². The summed E-state index contributed by atoms with van der Waals surface area (Å²) in [6, 6.07) is 4.29. The molecule has 0 heterocycles. The molecule has 3 nitrogen and oxygen atoms in total. The van der Waals surface area contributed by atoms with E-state index in [2.05, 4.69) is 10.2 Å². The first kappa shape index (κ1) is 10.7. The van der Waals surface area contributed by atoms with Crippen LogP contribution < -0.4 is 10.1 Å². The Balaban J connectivity index is 2.24. The molecule has 1 N–H and O–H groups in total. The molecule has 0 unspecified atom stereocenters. The lowest BCUT2D eigenvalue weighted by Gasteiger charge is -2.31. The maximum absolute atomic E-state index is 13.0. The van der Waals surface area contributed by atoms with Crippen molar-refractivity contribution in [2.45, 2.75) is 24.9 Å². The second-order valence-electron chi connectivity index (χ2n) is 3.97. The number of hydrogen-bond acceptors (Lipinski definition) is 2. The highest BCUT2D eigenvalue weighted by molar-refractivity contribution is 5.58. The normalized spacial score (nSPS) is 17.1. The van der Waals surface area contributed by atoms with Gasteiger partial charge in [-0.05, 0) is 18.6 Å². The summed E-state index contributed by atoms with van der Waals surface area (Å²) in [6.07, 6.45) is 2.72. The second-order valence-corrected chi connectivity index (χ2v) is 3.97. The monoisotopic (exact) mass is 220 g/mol. The van der Waals surface area contributed by atoms with Gasteiger partial charge < -0.3 is 10.1 Å². The highest BCUT2D eigenvalue weighted by Gasteiger charge is 2.44. The van der Waals surface area contributed by atoms with Crippen LogP contribution in [0, 0.1) is 12.4 Å². The SMILES string of the molecule is [C-]#[N+]C1(Nc2ccc(F)cc2OC)CCC1. The highest BCUT2D eigenvalue weighted by atomic mass is 19.1. The van der Waals surface area contributed by atoms with Crippen molar-refractivity contribution in [3.8, 4) is 5.75 Å². The van der Waals surface area contributed by atoms with E-state index < -0.39 is 5.66 Å². The van der Waals surface area contributed by atoms with E-state index in [0.717, 1.165) is 19.3 Å². The number of anilines is 1. The zero-order chi connectivity index (χ0) is 11.6. The summed E-state index contributed by atoms with van der Waals surface area (Å²) in [5.74, 6) is 0.0998. The van der Waals surface area contributed by atoms with Gasteiger partial charge >= 0.3 is 5.66 Å². The lowest BCUT2D eigenvalue weighted by atomic mass is 9.85. The molecule has 0 radical (unpaired) electrons. The van der Waals surface area contributed by atoms with Crippen molar-refractivity contribution < 1.29 is 9.13 Å². The Morgan fingerprint density at radius 2 is 2.25 bits per heavy atom. The Labute approximate surface area is 94.0 Å². The summed E-state index contributed by atoms with van der Waals surface area (Å²) >= 11 is 0. The Hall–Kier alpha value is -1.76. The van der Waals surface area contributed by atoms with Gasteiger partial charge in [-0.3, -0.25) is 4.85 Å². The number of halogens is 1. The molecule has 0 bridgehead atoms.